The molecule has 1 fully saturated rings. The highest BCUT2D eigenvalue weighted by Crippen LogP contribution is 2.20. The molecule has 1 saturated heterocycles. The van der Waals surface area contributed by atoms with Crippen LogP contribution in [0, 0.1) is 13.8 Å². The molecule has 2 aromatic heterocycles. The molecule has 2 aromatic rings. The summed E-state index contributed by atoms with van der Waals surface area (Å²) in [7, 11) is 0. The maximum atomic E-state index is 5.28. The number of hydrogen-bond acceptors (Lipinski definition) is 7. The largest absolute Gasteiger partial charge is 0.338 e. The van der Waals surface area contributed by atoms with Crippen molar-refractivity contribution < 1.29 is 4.52 Å². The zero-order valence-electron chi connectivity index (χ0n) is 13.4. The molecule has 3 heterocycles. The first-order chi connectivity index (χ1) is 10.6. The van der Waals surface area contributed by atoms with Crippen molar-refractivity contribution in [3.05, 3.63) is 35.5 Å². The van der Waals surface area contributed by atoms with Crippen LogP contribution in [0.15, 0.2) is 16.9 Å². The number of nitrogens with zero attached hydrogens (tertiary/aromatic N) is 6. The van der Waals surface area contributed by atoms with E-state index in [-0.39, 0.29) is 6.04 Å². The van der Waals surface area contributed by atoms with E-state index in [2.05, 4.69) is 36.8 Å². The highest BCUT2D eigenvalue weighted by atomic mass is 16.5. The summed E-state index contributed by atoms with van der Waals surface area (Å²) in [5.74, 6) is 1.40. The average Bonchev–Trinajstić information content (AvgIpc) is 2.96. The lowest BCUT2D eigenvalue weighted by atomic mass is 10.2. The van der Waals surface area contributed by atoms with Crippen LogP contribution in [-0.2, 0) is 6.54 Å². The molecular formula is C15H22N6O. The normalized spacial score (nSPS) is 18.5. The predicted octanol–water partition coefficient (Wildman–Crippen LogP) is 1.36. The minimum absolute atomic E-state index is 0.169. The Morgan fingerprint density at radius 3 is 2.50 bits per heavy atom. The van der Waals surface area contributed by atoms with Crippen LogP contribution in [-0.4, -0.2) is 56.1 Å². The van der Waals surface area contributed by atoms with E-state index in [1.165, 1.54) is 0 Å². The Morgan fingerprint density at radius 1 is 1.14 bits per heavy atom. The molecule has 0 radical (unpaired) electrons. The van der Waals surface area contributed by atoms with Crippen LogP contribution >= 0.6 is 0 Å². The van der Waals surface area contributed by atoms with Crippen LogP contribution in [0.2, 0.25) is 0 Å². The van der Waals surface area contributed by atoms with Gasteiger partial charge >= 0.3 is 0 Å². The molecule has 0 bridgehead atoms. The Bertz CT molecular complexity index is 603. The Morgan fingerprint density at radius 2 is 1.91 bits per heavy atom. The maximum absolute atomic E-state index is 5.28. The molecule has 0 N–H and O–H groups in total. The van der Waals surface area contributed by atoms with Gasteiger partial charge in [-0.15, -0.1) is 0 Å². The quantitative estimate of drug-likeness (QED) is 0.844. The van der Waals surface area contributed by atoms with Gasteiger partial charge < -0.3 is 4.52 Å². The smallest absolute Gasteiger partial charge is 0.243 e. The molecule has 1 aliphatic rings. The highest BCUT2D eigenvalue weighted by Gasteiger charge is 2.25. The van der Waals surface area contributed by atoms with E-state index in [9.17, 15) is 0 Å². The molecular weight excluding hydrogens is 280 g/mol. The molecule has 0 aliphatic carbocycles. The van der Waals surface area contributed by atoms with Gasteiger partial charge in [0.05, 0.1) is 17.4 Å². The van der Waals surface area contributed by atoms with Gasteiger partial charge in [0.2, 0.25) is 5.89 Å². The molecule has 0 unspecified atom stereocenters. The Hall–Kier alpha value is -1.86. The zero-order valence-corrected chi connectivity index (χ0v) is 13.4. The first kappa shape index (κ1) is 15.1. The summed E-state index contributed by atoms with van der Waals surface area (Å²) in [5, 5.41) is 3.87. The summed E-state index contributed by atoms with van der Waals surface area (Å²) in [6.45, 7) is 10.8. The fraction of sp³-hybridized carbons (Fsp3) is 0.600. The molecule has 7 heteroatoms. The van der Waals surface area contributed by atoms with E-state index in [1.807, 2.05) is 26.2 Å². The number of hydrogen-bond donors (Lipinski definition) is 0. The molecule has 0 amide bonds. The molecule has 22 heavy (non-hydrogen) atoms. The number of rotatable bonds is 4. The number of aryl methyl sites for hydroxylation is 2. The number of aromatic nitrogens is 4. The highest BCUT2D eigenvalue weighted by molar-refractivity contribution is 5.01. The van der Waals surface area contributed by atoms with E-state index in [4.69, 9.17) is 4.52 Å². The molecule has 7 nitrogen and oxygen atoms in total. The van der Waals surface area contributed by atoms with Gasteiger partial charge in [0, 0.05) is 45.1 Å². The van der Waals surface area contributed by atoms with Crippen molar-refractivity contribution in [3.8, 4) is 0 Å². The van der Waals surface area contributed by atoms with Crippen molar-refractivity contribution >= 4 is 0 Å². The summed E-state index contributed by atoms with van der Waals surface area (Å²) in [4.78, 5) is 17.8. The molecule has 3 rings (SSSR count). The van der Waals surface area contributed by atoms with E-state index in [0.29, 0.717) is 11.7 Å². The zero-order chi connectivity index (χ0) is 15.5. The maximum Gasteiger partial charge on any atom is 0.243 e. The van der Waals surface area contributed by atoms with Crippen molar-refractivity contribution in [1.82, 2.24) is 29.9 Å². The fourth-order valence-corrected chi connectivity index (χ4v) is 2.68. The van der Waals surface area contributed by atoms with Crippen LogP contribution in [0.25, 0.3) is 0 Å². The van der Waals surface area contributed by atoms with Crippen LogP contribution in [0.1, 0.15) is 36.1 Å². The van der Waals surface area contributed by atoms with Gasteiger partial charge in [0.15, 0.2) is 5.82 Å². The van der Waals surface area contributed by atoms with Gasteiger partial charge in [-0.05, 0) is 20.8 Å². The lowest BCUT2D eigenvalue weighted by Crippen LogP contribution is -2.46. The fourth-order valence-electron chi connectivity index (χ4n) is 2.68. The van der Waals surface area contributed by atoms with Gasteiger partial charge in [-0.2, -0.15) is 4.98 Å². The minimum atomic E-state index is 0.169. The van der Waals surface area contributed by atoms with E-state index in [0.717, 1.165) is 44.1 Å². The first-order valence-corrected chi connectivity index (χ1v) is 7.66. The minimum Gasteiger partial charge on any atom is -0.338 e. The monoisotopic (exact) mass is 302 g/mol. The molecule has 1 aliphatic heterocycles. The van der Waals surface area contributed by atoms with Crippen molar-refractivity contribution in [3.63, 3.8) is 0 Å². The summed E-state index contributed by atoms with van der Waals surface area (Å²) >= 11 is 0. The Labute approximate surface area is 130 Å². The van der Waals surface area contributed by atoms with Crippen LogP contribution in [0.5, 0.6) is 0 Å². The van der Waals surface area contributed by atoms with Gasteiger partial charge in [-0.25, -0.2) is 0 Å². The van der Waals surface area contributed by atoms with E-state index in [1.54, 1.807) is 0 Å². The molecule has 0 saturated carbocycles. The lowest BCUT2D eigenvalue weighted by Gasteiger charge is -2.36. The predicted molar refractivity (Wildman–Crippen MR) is 81.1 cm³/mol. The third kappa shape index (κ3) is 3.48. The van der Waals surface area contributed by atoms with Gasteiger partial charge in [-0.3, -0.25) is 19.8 Å². The van der Waals surface area contributed by atoms with Crippen molar-refractivity contribution in [2.75, 3.05) is 26.2 Å². The second-order valence-electron chi connectivity index (χ2n) is 5.82. The molecule has 0 aromatic carbocycles. The SMILES string of the molecule is Cc1cnc(CN2CCN([C@H](C)c3nc(C)no3)CC2)cn1. The second kappa shape index (κ2) is 6.50. The first-order valence-electron chi connectivity index (χ1n) is 7.66. The van der Waals surface area contributed by atoms with Crippen LogP contribution < -0.4 is 0 Å². The topological polar surface area (TPSA) is 71.2 Å². The van der Waals surface area contributed by atoms with Crippen LogP contribution in [0.3, 0.4) is 0 Å². The average molecular weight is 302 g/mol. The van der Waals surface area contributed by atoms with Crippen molar-refractivity contribution in [2.24, 2.45) is 0 Å². The van der Waals surface area contributed by atoms with Gasteiger partial charge in [0.1, 0.15) is 0 Å². The summed E-state index contributed by atoms with van der Waals surface area (Å²) < 4.78 is 5.28. The summed E-state index contributed by atoms with van der Waals surface area (Å²) in [6, 6.07) is 0.169. The molecule has 118 valence electrons. The van der Waals surface area contributed by atoms with Gasteiger partial charge in [0.25, 0.3) is 0 Å². The standard InChI is InChI=1S/C15H22N6O/c1-11-8-17-14(9-16-11)10-20-4-6-21(7-5-20)12(2)15-18-13(3)19-22-15/h8-9,12H,4-7,10H2,1-3H3/t12-/m1/s1. The summed E-state index contributed by atoms with van der Waals surface area (Å²) in [5.41, 5.74) is 1.98. The van der Waals surface area contributed by atoms with E-state index >= 15 is 0 Å². The van der Waals surface area contributed by atoms with Crippen molar-refractivity contribution in [2.45, 2.75) is 33.4 Å². The third-order valence-corrected chi connectivity index (χ3v) is 4.08. The lowest BCUT2D eigenvalue weighted by molar-refractivity contribution is 0.0838. The second-order valence-corrected chi connectivity index (χ2v) is 5.82. The Balaban J connectivity index is 1.52. The third-order valence-electron chi connectivity index (χ3n) is 4.08. The Kier molecular flexibility index (Phi) is 4.44. The summed E-state index contributed by atoms with van der Waals surface area (Å²) in [6.07, 6.45) is 3.69. The number of piperazine rings is 1. The van der Waals surface area contributed by atoms with E-state index < -0.39 is 0 Å². The van der Waals surface area contributed by atoms with Crippen LogP contribution in [0.4, 0.5) is 0 Å². The molecule has 1 atom stereocenters. The van der Waals surface area contributed by atoms with Gasteiger partial charge in [-0.1, -0.05) is 5.16 Å². The molecule has 0 spiro atoms. The van der Waals surface area contributed by atoms with Crippen molar-refractivity contribution in [1.29, 1.82) is 0 Å².